The predicted molar refractivity (Wildman–Crippen MR) is 76.0 cm³/mol. The first-order valence-corrected chi connectivity index (χ1v) is 6.64. The maximum absolute atomic E-state index is 12.2. The van der Waals surface area contributed by atoms with Crippen LogP contribution in [0.3, 0.4) is 0 Å². The normalized spacial score (nSPS) is 10.9. The molecule has 1 amide bonds. The zero-order valence-electron chi connectivity index (χ0n) is 12.1. The molecule has 0 fully saturated rings. The van der Waals surface area contributed by atoms with E-state index in [1.165, 1.54) is 0 Å². The van der Waals surface area contributed by atoms with E-state index in [1.807, 2.05) is 13.8 Å². The SMILES string of the molecule is CCC(CC)(CC(=O)O)NC(=O)c1ccc(OC)cc1. The fourth-order valence-corrected chi connectivity index (χ4v) is 2.07. The summed E-state index contributed by atoms with van der Waals surface area (Å²) in [7, 11) is 1.56. The molecule has 1 aromatic carbocycles. The zero-order chi connectivity index (χ0) is 15.2. The van der Waals surface area contributed by atoms with E-state index >= 15 is 0 Å². The van der Waals surface area contributed by atoms with Gasteiger partial charge in [0.05, 0.1) is 19.1 Å². The van der Waals surface area contributed by atoms with Gasteiger partial charge in [-0.25, -0.2) is 0 Å². The number of rotatable bonds is 7. The Hall–Kier alpha value is -2.04. The van der Waals surface area contributed by atoms with Crippen molar-refractivity contribution in [3.05, 3.63) is 29.8 Å². The number of hydrogen-bond donors (Lipinski definition) is 2. The molecule has 0 aliphatic heterocycles. The summed E-state index contributed by atoms with van der Waals surface area (Å²) in [5.74, 6) is -0.509. The van der Waals surface area contributed by atoms with Crippen molar-refractivity contribution >= 4 is 11.9 Å². The molecule has 0 bridgehead atoms. The van der Waals surface area contributed by atoms with Crippen LogP contribution in [0, 0.1) is 0 Å². The molecule has 110 valence electrons. The first-order chi connectivity index (χ1) is 9.46. The first kappa shape index (κ1) is 16.0. The van der Waals surface area contributed by atoms with E-state index in [-0.39, 0.29) is 12.3 Å². The fourth-order valence-electron chi connectivity index (χ4n) is 2.07. The van der Waals surface area contributed by atoms with Crippen LogP contribution >= 0.6 is 0 Å². The minimum absolute atomic E-state index is 0.0815. The van der Waals surface area contributed by atoms with E-state index in [0.717, 1.165) is 0 Å². The average Bonchev–Trinajstić information content (AvgIpc) is 2.46. The number of carbonyl (C=O) groups excluding carboxylic acids is 1. The summed E-state index contributed by atoms with van der Waals surface area (Å²) in [4.78, 5) is 23.2. The van der Waals surface area contributed by atoms with Crippen molar-refractivity contribution in [2.45, 2.75) is 38.6 Å². The summed E-state index contributed by atoms with van der Waals surface area (Å²) in [5.41, 5.74) is -0.217. The number of benzene rings is 1. The van der Waals surface area contributed by atoms with Gasteiger partial charge in [-0.05, 0) is 37.1 Å². The van der Waals surface area contributed by atoms with E-state index in [1.54, 1.807) is 31.4 Å². The molecule has 0 atom stereocenters. The van der Waals surface area contributed by atoms with Gasteiger partial charge < -0.3 is 15.2 Å². The van der Waals surface area contributed by atoms with Crippen LogP contribution in [0.2, 0.25) is 0 Å². The summed E-state index contributed by atoms with van der Waals surface area (Å²) in [6.07, 6.45) is 1.05. The van der Waals surface area contributed by atoms with Gasteiger partial charge in [-0.2, -0.15) is 0 Å². The molecule has 0 heterocycles. The molecule has 0 aliphatic rings. The average molecular weight is 279 g/mol. The van der Waals surface area contributed by atoms with Crippen LogP contribution in [0.25, 0.3) is 0 Å². The molecule has 0 aliphatic carbocycles. The Bertz CT molecular complexity index is 463. The third-order valence-electron chi connectivity index (χ3n) is 3.57. The minimum atomic E-state index is -0.913. The Morgan fingerprint density at radius 1 is 1.20 bits per heavy atom. The summed E-state index contributed by atoms with van der Waals surface area (Å²) in [5, 5.41) is 11.8. The molecule has 1 rings (SSSR count). The second-order valence-corrected chi connectivity index (χ2v) is 4.74. The van der Waals surface area contributed by atoms with E-state index < -0.39 is 11.5 Å². The lowest BCUT2D eigenvalue weighted by molar-refractivity contribution is -0.138. The highest BCUT2D eigenvalue weighted by Gasteiger charge is 2.31. The Balaban J connectivity index is 2.86. The quantitative estimate of drug-likeness (QED) is 0.804. The van der Waals surface area contributed by atoms with Crippen LogP contribution in [-0.4, -0.2) is 29.6 Å². The van der Waals surface area contributed by atoms with Gasteiger partial charge in [0.25, 0.3) is 5.91 Å². The molecular formula is C15H21NO4. The monoisotopic (exact) mass is 279 g/mol. The van der Waals surface area contributed by atoms with Crippen LogP contribution < -0.4 is 10.1 Å². The highest BCUT2D eigenvalue weighted by atomic mass is 16.5. The van der Waals surface area contributed by atoms with Gasteiger partial charge in [-0.3, -0.25) is 9.59 Å². The van der Waals surface area contributed by atoms with Crippen molar-refractivity contribution < 1.29 is 19.4 Å². The molecule has 0 unspecified atom stereocenters. The molecule has 0 saturated carbocycles. The second-order valence-electron chi connectivity index (χ2n) is 4.74. The van der Waals surface area contributed by atoms with Gasteiger partial charge >= 0.3 is 5.97 Å². The minimum Gasteiger partial charge on any atom is -0.497 e. The van der Waals surface area contributed by atoms with Gasteiger partial charge in [0.15, 0.2) is 0 Å². The number of carboxylic acids is 1. The van der Waals surface area contributed by atoms with Crippen molar-refractivity contribution in [1.29, 1.82) is 0 Å². The molecule has 1 aromatic rings. The zero-order valence-corrected chi connectivity index (χ0v) is 12.1. The molecule has 0 aromatic heterocycles. The van der Waals surface area contributed by atoms with Crippen LogP contribution in [0.15, 0.2) is 24.3 Å². The number of methoxy groups -OCH3 is 1. The Labute approximate surface area is 118 Å². The summed E-state index contributed by atoms with van der Waals surface area (Å²) >= 11 is 0. The summed E-state index contributed by atoms with van der Waals surface area (Å²) in [6.45, 7) is 3.75. The molecule has 0 saturated heterocycles. The largest absolute Gasteiger partial charge is 0.497 e. The summed E-state index contributed by atoms with van der Waals surface area (Å²) < 4.78 is 5.04. The topological polar surface area (TPSA) is 75.6 Å². The van der Waals surface area contributed by atoms with Gasteiger partial charge in [0.1, 0.15) is 5.75 Å². The number of hydrogen-bond acceptors (Lipinski definition) is 3. The van der Waals surface area contributed by atoms with Crippen molar-refractivity contribution in [3.8, 4) is 5.75 Å². The predicted octanol–water partition coefficient (Wildman–Crippen LogP) is 2.46. The number of carbonyl (C=O) groups is 2. The smallest absolute Gasteiger partial charge is 0.305 e. The van der Waals surface area contributed by atoms with Gasteiger partial charge in [-0.1, -0.05) is 13.8 Å². The van der Waals surface area contributed by atoms with E-state index in [0.29, 0.717) is 24.2 Å². The first-order valence-electron chi connectivity index (χ1n) is 6.64. The lowest BCUT2D eigenvalue weighted by atomic mass is 9.88. The number of amides is 1. The van der Waals surface area contributed by atoms with E-state index in [2.05, 4.69) is 5.32 Å². The number of ether oxygens (including phenoxy) is 1. The second kappa shape index (κ2) is 6.93. The van der Waals surface area contributed by atoms with Crippen LogP contribution in [0.1, 0.15) is 43.5 Å². The van der Waals surface area contributed by atoms with Crippen molar-refractivity contribution in [1.82, 2.24) is 5.32 Å². The third kappa shape index (κ3) is 3.98. The number of aliphatic carboxylic acids is 1. The fraction of sp³-hybridized carbons (Fsp3) is 0.467. The maximum Gasteiger partial charge on any atom is 0.305 e. The third-order valence-corrected chi connectivity index (χ3v) is 3.57. The van der Waals surface area contributed by atoms with Gasteiger partial charge in [0.2, 0.25) is 0 Å². The van der Waals surface area contributed by atoms with E-state index in [9.17, 15) is 9.59 Å². The van der Waals surface area contributed by atoms with Crippen LogP contribution in [0.5, 0.6) is 5.75 Å². The van der Waals surface area contributed by atoms with Gasteiger partial charge in [-0.15, -0.1) is 0 Å². The highest BCUT2D eigenvalue weighted by molar-refractivity contribution is 5.95. The Morgan fingerprint density at radius 3 is 2.15 bits per heavy atom. The molecule has 5 nitrogen and oxygen atoms in total. The molecule has 20 heavy (non-hydrogen) atoms. The number of nitrogens with one attached hydrogen (secondary N) is 1. The van der Waals surface area contributed by atoms with E-state index in [4.69, 9.17) is 9.84 Å². The Kier molecular flexibility index (Phi) is 5.55. The molecule has 0 radical (unpaired) electrons. The lowest BCUT2D eigenvalue weighted by Gasteiger charge is -2.31. The van der Waals surface area contributed by atoms with Crippen molar-refractivity contribution in [2.24, 2.45) is 0 Å². The molecule has 5 heteroatoms. The van der Waals surface area contributed by atoms with Crippen molar-refractivity contribution in [2.75, 3.05) is 7.11 Å². The lowest BCUT2D eigenvalue weighted by Crippen LogP contribution is -2.49. The molecular weight excluding hydrogens is 258 g/mol. The van der Waals surface area contributed by atoms with Gasteiger partial charge in [0, 0.05) is 5.56 Å². The molecule has 2 N–H and O–H groups in total. The van der Waals surface area contributed by atoms with Crippen LogP contribution in [-0.2, 0) is 4.79 Å². The number of carboxylic acid groups (broad SMARTS) is 1. The van der Waals surface area contributed by atoms with Crippen molar-refractivity contribution in [3.63, 3.8) is 0 Å². The summed E-state index contributed by atoms with van der Waals surface area (Å²) in [6, 6.07) is 6.72. The highest BCUT2D eigenvalue weighted by Crippen LogP contribution is 2.21. The van der Waals surface area contributed by atoms with Crippen LogP contribution in [0.4, 0.5) is 0 Å². The standard InChI is InChI=1S/C15H21NO4/c1-4-15(5-2,10-13(17)18)16-14(19)11-6-8-12(20-3)9-7-11/h6-9H,4-5,10H2,1-3H3,(H,16,19)(H,17,18). The molecule has 0 spiro atoms. The Morgan fingerprint density at radius 2 is 1.75 bits per heavy atom. The maximum atomic E-state index is 12.2.